The van der Waals surface area contributed by atoms with Crippen LogP contribution in [0.4, 0.5) is 0 Å². The first-order valence-corrected chi connectivity index (χ1v) is 9.71. The molecule has 3 aromatic rings. The van der Waals surface area contributed by atoms with Crippen LogP contribution >= 0.6 is 0 Å². The molecule has 2 aromatic heterocycles. The average molecular weight is 396 g/mol. The molecule has 0 atom stereocenters. The highest BCUT2D eigenvalue weighted by Gasteiger charge is 2.25. The molecule has 29 heavy (non-hydrogen) atoms. The van der Waals surface area contributed by atoms with Gasteiger partial charge in [0, 0.05) is 41.8 Å². The van der Waals surface area contributed by atoms with Crippen molar-refractivity contribution in [3.05, 3.63) is 45.0 Å². The van der Waals surface area contributed by atoms with Gasteiger partial charge in [0.25, 0.3) is 0 Å². The van der Waals surface area contributed by atoms with Gasteiger partial charge < -0.3 is 23.6 Å². The second-order valence-corrected chi connectivity index (χ2v) is 7.77. The summed E-state index contributed by atoms with van der Waals surface area (Å²) < 4.78 is 11.2. The van der Waals surface area contributed by atoms with E-state index in [1.807, 2.05) is 26.8 Å². The Hall–Kier alpha value is -3.09. The molecule has 4 rings (SSSR count). The molecule has 7 nitrogen and oxygen atoms in total. The number of carboxylic acids is 1. The molecule has 0 aliphatic carbocycles. The molecule has 1 aliphatic heterocycles. The summed E-state index contributed by atoms with van der Waals surface area (Å²) in [5.74, 6) is -0.978. The lowest BCUT2D eigenvalue weighted by Crippen LogP contribution is -2.44. The number of furan rings is 1. The highest BCUT2D eigenvalue weighted by atomic mass is 16.4. The SMILES string of the molecule is Cc1oc2cc3oc(=O)c(CC(=O)N4CCC(C(=O)[O-])CC4)c(C)c3cc2c1C. The van der Waals surface area contributed by atoms with E-state index >= 15 is 0 Å². The van der Waals surface area contributed by atoms with Gasteiger partial charge in [0.15, 0.2) is 0 Å². The molecule has 1 aliphatic rings. The molecule has 0 unspecified atom stereocenters. The standard InChI is InChI=1S/C22H23NO6/c1-11-13(3)28-18-10-19-16(8-15(11)18)12(2)17(22(27)29-19)9-20(24)23-6-4-14(5-7-23)21(25)26/h8,10,14H,4-7,9H2,1-3H3,(H,25,26)/p-1. The van der Waals surface area contributed by atoms with Gasteiger partial charge in [-0.1, -0.05) is 0 Å². The summed E-state index contributed by atoms with van der Waals surface area (Å²) in [6, 6.07) is 3.66. The number of likely N-dealkylation sites (tertiary alicyclic amines) is 1. The molecule has 0 spiro atoms. The number of carboxylic acid groups (broad SMARTS) is 1. The van der Waals surface area contributed by atoms with Crippen LogP contribution in [0.1, 0.15) is 35.3 Å². The first kappa shape index (κ1) is 19.2. The summed E-state index contributed by atoms with van der Waals surface area (Å²) in [4.78, 5) is 37.9. The van der Waals surface area contributed by atoms with Crippen LogP contribution in [0, 0.1) is 26.7 Å². The smallest absolute Gasteiger partial charge is 0.340 e. The summed E-state index contributed by atoms with van der Waals surface area (Å²) in [7, 11) is 0. The Morgan fingerprint density at radius 1 is 1.03 bits per heavy atom. The second-order valence-electron chi connectivity index (χ2n) is 7.77. The Morgan fingerprint density at radius 2 is 1.66 bits per heavy atom. The van der Waals surface area contributed by atoms with Gasteiger partial charge >= 0.3 is 5.63 Å². The van der Waals surface area contributed by atoms with E-state index in [-0.39, 0.29) is 12.3 Å². The fourth-order valence-electron chi connectivity index (χ4n) is 4.06. The number of rotatable bonds is 3. The molecule has 152 valence electrons. The number of benzene rings is 1. The number of aryl methyl sites for hydroxylation is 3. The lowest BCUT2D eigenvalue weighted by molar-refractivity contribution is -0.312. The van der Waals surface area contributed by atoms with E-state index in [4.69, 9.17) is 8.83 Å². The molecule has 0 saturated carbocycles. The maximum atomic E-state index is 12.7. The lowest BCUT2D eigenvalue weighted by Gasteiger charge is -2.32. The van der Waals surface area contributed by atoms with Gasteiger partial charge in [0.2, 0.25) is 5.91 Å². The minimum Gasteiger partial charge on any atom is -0.550 e. The Labute approximate surface area is 166 Å². The molecule has 7 heteroatoms. The largest absolute Gasteiger partial charge is 0.550 e. The number of carbonyl (C=O) groups excluding carboxylic acids is 2. The van der Waals surface area contributed by atoms with Crippen molar-refractivity contribution in [3.63, 3.8) is 0 Å². The summed E-state index contributed by atoms with van der Waals surface area (Å²) in [6.45, 7) is 6.38. The van der Waals surface area contributed by atoms with Crippen LogP contribution < -0.4 is 10.7 Å². The number of nitrogens with zero attached hydrogens (tertiary/aromatic N) is 1. The third-order valence-electron chi connectivity index (χ3n) is 6.09. The zero-order chi connectivity index (χ0) is 20.9. The number of piperidine rings is 1. The predicted octanol–water partition coefficient (Wildman–Crippen LogP) is 2.00. The number of aliphatic carboxylic acids is 1. The fourth-order valence-corrected chi connectivity index (χ4v) is 4.06. The van der Waals surface area contributed by atoms with E-state index in [0.29, 0.717) is 42.7 Å². The van der Waals surface area contributed by atoms with Gasteiger partial charge in [-0.15, -0.1) is 0 Å². The van der Waals surface area contributed by atoms with E-state index in [9.17, 15) is 19.5 Å². The minimum atomic E-state index is -1.07. The zero-order valence-electron chi connectivity index (χ0n) is 16.7. The maximum Gasteiger partial charge on any atom is 0.340 e. The third-order valence-corrected chi connectivity index (χ3v) is 6.09. The van der Waals surface area contributed by atoms with E-state index in [2.05, 4.69) is 0 Å². The molecule has 1 amide bonds. The van der Waals surface area contributed by atoms with Crippen LogP contribution in [0.25, 0.3) is 21.9 Å². The van der Waals surface area contributed by atoms with Crippen LogP contribution in [0.15, 0.2) is 25.8 Å². The van der Waals surface area contributed by atoms with Gasteiger partial charge in [0.05, 0.1) is 12.0 Å². The van der Waals surface area contributed by atoms with E-state index in [1.165, 1.54) is 0 Å². The molecule has 1 aromatic carbocycles. The Balaban J connectivity index is 1.66. The van der Waals surface area contributed by atoms with Crippen LogP contribution in [-0.4, -0.2) is 29.9 Å². The number of fused-ring (bicyclic) bond motifs is 2. The first-order chi connectivity index (χ1) is 13.8. The van der Waals surface area contributed by atoms with E-state index in [1.54, 1.807) is 11.0 Å². The summed E-state index contributed by atoms with van der Waals surface area (Å²) in [6.07, 6.45) is 0.675. The van der Waals surface area contributed by atoms with Crippen LogP contribution in [0.2, 0.25) is 0 Å². The van der Waals surface area contributed by atoms with Crippen molar-refractivity contribution >= 4 is 33.8 Å². The molecular formula is C22H22NO6-. The van der Waals surface area contributed by atoms with Crippen LogP contribution in [0.5, 0.6) is 0 Å². The Bertz CT molecular complexity index is 1190. The van der Waals surface area contributed by atoms with E-state index in [0.717, 1.165) is 27.7 Å². The Morgan fingerprint density at radius 3 is 2.31 bits per heavy atom. The van der Waals surface area contributed by atoms with Crippen molar-refractivity contribution in [1.82, 2.24) is 4.90 Å². The van der Waals surface area contributed by atoms with Gasteiger partial charge in [-0.2, -0.15) is 0 Å². The summed E-state index contributed by atoms with van der Waals surface area (Å²) in [5.41, 5.74) is 2.64. The van der Waals surface area contributed by atoms with Crippen molar-refractivity contribution in [2.75, 3.05) is 13.1 Å². The molecule has 0 radical (unpaired) electrons. The quantitative estimate of drug-likeness (QED) is 0.627. The van der Waals surface area contributed by atoms with Gasteiger partial charge in [0.1, 0.15) is 16.9 Å². The zero-order valence-corrected chi connectivity index (χ0v) is 16.7. The molecule has 1 saturated heterocycles. The topological polar surface area (TPSA) is 104 Å². The molecule has 1 fully saturated rings. The summed E-state index contributed by atoms with van der Waals surface area (Å²) >= 11 is 0. The van der Waals surface area contributed by atoms with Gasteiger partial charge in [-0.05, 0) is 50.8 Å². The first-order valence-electron chi connectivity index (χ1n) is 9.71. The fraction of sp³-hybridized carbons (Fsp3) is 0.409. The Kier molecular flexibility index (Phi) is 4.68. The van der Waals surface area contributed by atoms with Crippen molar-refractivity contribution in [3.8, 4) is 0 Å². The van der Waals surface area contributed by atoms with Crippen molar-refractivity contribution in [2.24, 2.45) is 5.92 Å². The average Bonchev–Trinajstić information content (AvgIpc) is 2.97. The maximum absolute atomic E-state index is 12.7. The van der Waals surface area contributed by atoms with Crippen LogP contribution in [0.3, 0.4) is 0 Å². The highest BCUT2D eigenvalue weighted by Crippen LogP contribution is 2.31. The highest BCUT2D eigenvalue weighted by molar-refractivity contribution is 5.97. The second kappa shape index (κ2) is 7.06. The monoisotopic (exact) mass is 396 g/mol. The van der Waals surface area contributed by atoms with Crippen LogP contribution in [-0.2, 0) is 16.0 Å². The lowest BCUT2D eigenvalue weighted by atomic mass is 9.96. The van der Waals surface area contributed by atoms with Gasteiger partial charge in [-0.25, -0.2) is 4.79 Å². The summed E-state index contributed by atoms with van der Waals surface area (Å²) in [5, 5.41) is 12.7. The van der Waals surface area contributed by atoms with E-state index < -0.39 is 17.5 Å². The van der Waals surface area contributed by atoms with Gasteiger partial charge in [-0.3, -0.25) is 4.79 Å². The predicted molar refractivity (Wildman–Crippen MR) is 104 cm³/mol. The number of carbonyl (C=O) groups is 2. The molecule has 0 N–H and O–H groups in total. The number of amides is 1. The molecule has 0 bridgehead atoms. The molecule has 3 heterocycles. The minimum absolute atomic E-state index is 0.0679. The van der Waals surface area contributed by atoms with Crippen molar-refractivity contribution < 1.29 is 23.5 Å². The molecular weight excluding hydrogens is 374 g/mol. The number of hydrogen-bond donors (Lipinski definition) is 0. The normalized spacial score (nSPS) is 15.3. The van der Waals surface area contributed by atoms with Crippen molar-refractivity contribution in [1.29, 1.82) is 0 Å². The third kappa shape index (κ3) is 3.30. The van der Waals surface area contributed by atoms with Crippen molar-refractivity contribution in [2.45, 2.75) is 40.0 Å². The number of hydrogen-bond acceptors (Lipinski definition) is 6.